The van der Waals surface area contributed by atoms with E-state index in [0.29, 0.717) is 23.5 Å². The minimum Gasteiger partial charge on any atom is -0.494 e. The average molecular weight is 431 g/mol. The molecule has 6 heteroatoms. The van der Waals surface area contributed by atoms with Gasteiger partial charge in [-0.1, -0.05) is 31.0 Å². The van der Waals surface area contributed by atoms with E-state index in [0.717, 1.165) is 29.7 Å². The van der Waals surface area contributed by atoms with E-state index in [9.17, 15) is 9.59 Å². The second-order valence-corrected chi connectivity index (χ2v) is 7.25. The molecule has 1 N–H and O–H groups in total. The first-order chi connectivity index (χ1) is 15.5. The summed E-state index contributed by atoms with van der Waals surface area (Å²) in [4.78, 5) is 24.4. The van der Waals surface area contributed by atoms with Crippen molar-refractivity contribution in [1.82, 2.24) is 5.43 Å². The molecule has 3 aromatic carbocycles. The summed E-state index contributed by atoms with van der Waals surface area (Å²) in [6, 6.07) is 21.0. The maximum absolute atomic E-state index is 12.3. The van der Waals surface area contributed by atoms with Gasteiger partial charge in [0.15, 0.2) is 0 Å². The predicted molar refractivity (Wildman–Crippen MR) is 124 cm³/mol. The van der Waals surface area contributed by atoms with E-state index >= 15 is 0 Å². The van der Waals surface area contributed by atoms with Crippen LogP contribution < -0.4 is 14.9 Å². The molecule has 32 heavy (non-hydrogen) atoms. The molecule has 0 spiro atoms. The Balaban J connectivity index is 1.51. The summed E-state index contributed by atoms with van der Waals surface area (Å²) >= 11 is 0. The minimum atomic E-state index is -0.447. The SMILES string of the molecule is CCCCOc1ccc(C(=O)Oc2ccc(C=NNC(=O)c3cccc(C)c3)cc2)cc1. The molecule has 3 aromatic rings. The normalized spacial score (nSPS) is 10.7. The number of benzene rings is 3. The van der Waals surface area contributed by atoms with Crippen LogP contribution in [-0.4, -0.2) is 24.7 Å². The fourth-order valence-corrected chi connectivity index (χ4v) is 2.83. The van der Waals surface area contributed by atoms with E-state index in [1.165, 1.54) is 6.21 Å². The molecule has 0 aliphatic rings. The number of esters is 1. The molecule has 0 fully saturated rings. The van der Waals surface area contributed by atoms with Crippen LogP contribution in [0.3, 0.4) is 0 Å². The fourth-order valence-electron chi connectivity index (χ4n) is 2.83. The van der Waals surface area contributed by atoms with Crippen molar-refractivity contribution < 1.29 is 19.1 Å². The second-order valence-electron chi connectivity index (χ2n) is 7.25. The van der Waals surface area contributed by atoms with Crippen LogP contribution in [0.15, 0.2) is 77.9 Å². The van der Waals surface area contributed by atoms with Crippen molar-refractivity contribution in [2.24, 2.45) is 5.10 Å². The molecule has 0 saturated heterocycles. The van der Waals surface area contributed by atoms with Gasteiger partial charge in [0.1, 0.15) is 11.5 Å². The molecule has 0 radical (unpaired) electrons. The number of carbonyl (C=O) groups excluding carboxylic acids is 2. The summed E-state index contributed by atoms with van der Waals surface area (Å²) in [6.45, 7) is 4.68. The van der Waals surface area contributed by atoms with Crippen molar-refractivity contribution in [1.29, 1.82) is 0 Å². The lowest BCUT2D eigenvalue weighted by molar-refractivity contribution is 0.0734. The molecule has 0 aromatic heterocycles. The lowest BCUT2D eigenvalue weighted by atomic mass is 10.1. The Hall–Kier alpha value is -3.93. The zero-order valence-corrected chi connectivity index (χ0v) is 18.2. The Morgan fingerprint density at radius 1 is 0.938 bits per heavy atom. The van der Waals surface area contributed by atoms with Gasteiger partial charge in [0.2, 0.25) is 0 Å². The Morgan fingerprint density at radius 2 is 1.66 bits per heavy atom. The van der Waals surface area contributed by atoms with Crippen molar-refractivity contribution >= 4 is 18.1 Å². The summed E-state index contributed by atoms with van der Waals surface area (Å²) in [5, 5.41) is 3.98. The fraction of sp³-hybridized carbons (Fsp3) is 0.192. The largest absolute Gasteiger partial charge is 0.494 e. The Kier molecular flexibility index (Phi) is 8.15. The maximum Gasteiger partial charge on any atom is 0.343 e. The van der Waals surface area contributed by atoms with E-state index in [1.807, 2.05) is 19.1 Å². The highest BCUT2D eigenvalue weighted by atomic mass is 16.5. The van der Waals surface area contributed by atoms with Gasteiger partial charge in [-0.25, -0.2) is 10.2 Å². The van der Waals surface area contributed by atoms with E-state index in [1.54, 1.807) is 60.7 Å². The van der Waals surface area contributed by atoms with E-state index in [2.05, 4.69) is 17.5 Å². The lowest BCUT2D eigenvalue weighted by Gasteiger charge is -2.07. The van der Waals surface area contributed by atoms with E-state index in [-0.39, 0.29) is 5.91 Å². The third-order valence-corrected chi connectivity index (χ3v) is 4.61. The van der Waals surface area contributed by atoms with E-state index < -0.39 is 5.97 Å². The minimum absolute atomic E-state index is 0.280. The predicted octanol–water partition coefficient (Wildman–Crippen LogP) is 5.16. The van der Waals surface area contributed by atoms with Crippen molar-refractivity contribution in [2.75, 3.05) is 6.61 Å². The number of hydrogen-bond acceptors (Lipinski definition) is 5. The zero-order valence-electron chi connectivity index (χ0n) is 18.2. The lowest BCUT2D eigenvalue weighted by Crippen LogP contribution is -2.17. The summed E-state index contributed by atoms with van der Waals surface area (Å²) in [5.74, 6) is 0.418. The van der Waals surface area contributed by atoms with Crippen molar-refractivity contribution in [3.63, 3.8) is 0 Å². The highest BCUT2D eigenvalue weighted by molar-refractivity contribution is 5.95. The highest BCUT2D eigenvalue weighted by Gasteiger charge is 2.09. The summed E-state index contributed by atoms with van der Waals surface area (Å²) in [5.41, 5.74) is 5.24. The monoisotopic (exact) mass is 430 g/mol. The van der Waals surface area contributed by atoms with Crippen LogP contribution in [0.1, 0.15) is 51.6 Å². The summed E-state index contributed by atoms with van der Waals surface area (Å²) in [7, 11) is 0. The van der Waals surface area contributed by atoms with Gasteiger partial charge >= 0.3 is 5.97 Å². The molecule has 0 aliphatic heterocycles. The smallest absolute Gasteiger partial charge is 0.343 e. The number of ether oxygens (including phenoxy) is 2. The molecule has 0 aliphatic carbocycles. The highest BCUT2D eigenvalue weighted by Crippen LogP contribution is 2.17. The number of hydrazone groups is 1. The molecule has 164 valence electrons. The van der Waals surface area contributed by atoms with Crippen molar-refractivity contribution in [3.8, 4) is 11.5 Å². The van der Waals surface area contributed by atoms with Crippen LogP contribution >= 0.6 is 0 Å². The maximum atomic E-state index is 12.3. The number of unbranched alkanes of at least 4 members (excludes halogenated alkanes) is 1. The van der Waals surface area contributed by atoms with Gasteiger partial charge in [0.05, 0.1) is 18.4 Å². The standard InChI is InChI=1S/C26H26N2O4/c1-3-4-16-31-23-14-10-21(11-15-23)26(30)32-24-12-8-20(9-13-24)18-27-28-25(29)22-7-5-6-19(2)17-22/h5-15,17-18H,3-4,16H2,1-2H3,(H,28,29). The van der Waals surface area contributed by atoms with Crippen LogP contribution in [0.4, 0.5) is 0 Å². The zero-order chi connectivity index (χ0) is 22.8. The first kappa shape index (κ1) is 22.7. The van der Waals surface area contributed by atoms with Gasteiger partial charge in [0, 0.05) is 5.56 Å². The Morgan fingerprint density at radius 3 is 2.34 bits per heavy atom. The molecule has 1 amide bonds. The first-order valence-corrected chi connectivity index (χ1v) is 10.5. The quantitative estimate of drug-likeness (QED) is 0.167. The third kappa shape index (κ3) is 6.80. The molecule has 0 bridgehead atoms. The Labute approximate surface area is 187 Å². The van der Waals surface area contributed by atoms with E-state index in [4.69, 9.17) is 9.47 Å². The van der Waals surface area contributed by atoms with Crippen LogP contribution in [0, 0.1) is 6.92 Å². The van der Waals surface area contributed by atoms with Crippen molar-refractivity contribution in [2.45, 2.75) is 26.7 Å². The molecular weight excluding hydrogens is 404 g/mol. The summed E-state index contributed by atoms with van der Waals surface area (Å²) < 4.78 is 11.0. The third-order valence-electron chi connectivity index (χ3n) is 4.61. The topological polar surface area (TPSA) is 77.0 Å². The molecule has 0 atom stereocenters. The number of carbonyl (C=O) groups is 2. The molecule has 0 heterocycles. The molecule has 0 unspecified atom stereocenters. The van der Waals surface area contributed by atoms with Crippen LogP contribution in [-0.2, 0) is 0 Å². The summed E-state index contributed by atoms with van der Waals surface area (Å²) in [6.07, 6.45) is 3.58. The van der Waals surface area contributed by atoms with Crippen LogP contribution in [0.25, 0.3) is 0 Å². The van der Waals surface area contributed by atoms with Gasteiger partial charge in [-0.05, 0) is 79.6 Å². The molecular formula is C26H26N2O4. The van der Waals surface area contributed by atoms with Gasteiger partial charge in [-0.15, -0.1) is 0 Å². The van der Waals surface area contributed by atoms with Crippen molar-refractivity contribution in [3.05, 3.63) is 95.1 Å². The number of nitrogens with one attached hydrogen (secondary N) is 1. The Bertz CT molecular complexity index is 1070. The van der Waals surface area contributed by atoms with Crippen LogP contribution in [0.5, 0.6) is 11.5 Å². The number of hydrogen-bond donors (Lipinski definition) is 1. The van der Waals surface area contributed by atoms with Crippen LogP contribution in [0.2, 0.25) is 0 Å². The molecule has 6 nitrogen and oxygen atoms in total. The van der Waals surface area contributed by atoms with Gasteiger partial charge in [-0.2, -0.15) is 5.10 Å². The average Bonchev–Trinajstić information content (AvgIpc) is 2.81. The first-order valence-electron chi connectivity index (χ1n) is 10.5. The molecule has 3 rings (SSSR count). The van der Waals surface area contributed by atoms with Gasteiger partial charge in [-0.3, -0.25) is 4.79 Å². The second kappa shape index (κ2) is 11.5. The number of amides is 1. The number of aryl methyl sites for hydroxylation is 1. The number of rotatable bonds is 9. The van der Waals surface area contributed by atoms with Gasteiger partial charge in [0.25, 0.3) is 5.91 Å². The number of nitrogens with zero attached hydrogens (tertiary/aromatic N) is 1. The molecule has 0 saturated carbocycles. The van der Waals surface area contributed by atoms with Gasteiger partial charge < -0.3 is 9.47 Å².